The molecule has 0 spiro atoms. The van der Waals surface area contributed by atoms with Crippen molar-refractivity contribution >= 4 is 50.7 Å². The van der Waals surface area contributed by atoms with Crippen molar-refractivity contribution in [3.63, 3.8) is 0 Å². The number of sulfonamides is 1. The van der Waals surface area contributed by atoms with Crippen molar-refractivity contribution in [1.29, 1.82) is 0 Å². The van der Waals surface area contributed by atoms with Crippen LogP contribution in [0.5, 0.6) is 11.8 Å². The maximum absolute atomic E-state index is 12.9. The summed E-state index contributed by atoms with van der Waals surface area (Å²) >= 11 is 7.31. The summed E-state index contributed by atoms with van der Waals surface area (Å²) < 4.78 is 39.1. The molecule has 0 aromatic carbocycles. The first-order valence-corrected chi connectivity index (χ1v) is 10.9. The zero-order chi connectivity index (χ0) is 21.2. The maximum atomic E-state index is 12.9. The summed E-state index contributed by atoms with van der Waals surface area (Å²) in [5.41, 5.74) is 0. The number of hydrazine groups is 1. The molecule has 1 unspecified atom stereocenters. The number of ether oxygens (including phenoxy) is 2. The molecule has 15 heteroatoms. The number of urea groups is 1. The highest BCUT2D eigenvalue weighted by Gasteiger charge is 2.45. The number of anilines is 1. The summed E-state index contributed by atoms with van der Waals surface area (Å²) in [5, 5.41) is 1.92. The van der Waals surface area contributed by atoms with Gasteiger partial charge in [0, 0.05) is 12.5 Å². The number of nitrogens with zero attached hydrogens (tertiary/aromatic N) is 5. The molecule has 2 amide bonds. The van der Waals surface area contributed by atoms with Gasteiger partial charge in [-0.2, -0.15) is 9.97 Å². The van der Waals surface area contributed by atoms with Crippen LogP contribution in [0.15, 0.2) is 35.2 Å². The van der Waals surface area contributed by atoms with Crippen molar-refractivity contribution in [2.75, 3.05) is 25.8 Å². The summed E-state index contributed by atoms with van der Waals surface area (Å²) in [5.74, 6) is 0.341. The van der Waals surface area contributed by atoms with Crippen LogP contribution < -0.4 is 19.5 Å². The molecule has 3 rings (SSSR count). The smallest absolute Gasteiger partial charge is 0.335 e. The number of fused-ring (bicyclic) bond motifs is 1. The minimum Gasteiger partial charge on any atom is -0.481 e. The Bertz CT molecular complexity index is 991. The lowest BCUT2D eigenvalue weighted by Gasteiger charge is -2.35. The van der Waals surface area contributed by atoms with Crippen molar-refractivity contribution in [1.82, 2.24) is 24.1 Å². The van der Waals surface area contributed by atoms with E-state index in [4.69, 9.17) is 21.1 Å². The van der Waals surface area contributed by atoms with E-state index in [1.165, 1.54) is 41.7 Å². The van der Waals surface area contributed by atoms with Crippen LogP contribution in [0.1, 0.15) is 0 Å². The average molecular weight is 462 g/mol. The summed E-state index contributed by atoms with van der Waals surface area (Å²) in [6, 6.07) is 0.300. The minimum atomic E-state index is -4.32. The van der Waals surface area contributed by atoms with Crippen LogP contribution in [0.4, 0.5) is 10.7 Å². The van der Waals surface area contributed by atoms with E-state index in [-0.39, 0.29) is 22.9 Å². The quantitative estimate of drug-likeness (QED) is 0.591. The number of hydrogen-bond acceptors (Lipinski definition) is 11. The van der Waals surface area contributed by atoms with Gasteiger partial charge in [-0.3, -0.25) is 5.32 Å². The van der Waals surface area contributed by atoms with Crippen LogP contribution in [0.25, 0.3) is 0 Å². The van der Waals surface area contributed by atoms with Crippen LogP contribution in [0.2, 0.25) is 0 Å². The minimum absolute atomic E-state index is 0.117. The van der Waals surface area contributed by atoms with Crippen molar-refractivity contribution in [3.8, 4) is 11.8 Å². The topological polar surface area (TPSA) is 138 Å². The fraction of sp³-hybridized carbons (Fsp3) is 0.286. The van der Waals surface area contributed by atoms with E-state index in [1.54, 1.807) is 24.6 Å². The number of carbonyl (C=O) groups excluding carboxylic acids is 1. The van der Waals surface area contributed by atoms with Crippen molar-refractivity contribution in [2.45, 2.75) is 5.37 Å². The first kappa shape index (κ1) is 21.0. The largest absolute Gasteiger partial charge is 0.481 e. The number of aromatic nitrogens is 2. The van der Waals surface area contributed by atoms with E-state index in [9.17, 15) is 13.2 Å². The molecule has 156 valence electrons. The first-order valence-electron chi connectivity index (χ1n) is 7.83. The van der Waals surface area contributed by atoms with E-state index < -0.39 is 21.4 Å². The predicted molar refractivity (Wildman–Crippen MR) is 108 cm³/mol. The zero-order valence-corrected chi connectivity index (χ0v) is 17.7. The van der Waals surface area contributed by atoms with Crippen LogP contribution in [-0.2, 0) is 10.0 Å². The highest BCUT2D eigenvalue weighted by atomic mass is 35.5. The lowest BCUT2D eigenvalue weighted by molar-refractivity contribution is 0.180. The SMILES string of the molecule is COc1cc(OC)nc(NC(=O)NS(=O)(=O)C2C(Cl)=NC3=CC=CN(SC)N32)n1. The number of nitrogens with one attached hydrogen (secondary N) is 2. The van der Waals surface area contributed by atoms with Gasteiger partial charge in [0.1, 0.15) is 0 Å². The van der Waals surface area contributed by atoms with Gasteiger partial charge < -0.3 is 9.47 Å². The monoisotopic (exact) mass is 461 g/mol. The van der Waals surface area contributed by atoms with Gasteiger partial charge in [0.25, 0.3) is 10.0 Å². The van der Waals surface area contributed by atoms with E-state index in [1.807, 2.05) is 4.72 Å². The van der Waals surface area contributed by atoms with Crippen molar-refractivity contribution in [3.05, 3.63) is 30.2 Å². The zero-order valence-electron chi connectivity index (χ0n) is 15.4. The summed E-state index contributed by atoms with van der Waals surface area (Å²) in [7, 11) is -1.58. The van der Waals surface area contributed by atoms with Gasteiger partial charge in [-0.25, -0.2) is 32.3 Å². The fourth-order valence-corrected chi connectivity index (χ4v) is 4.76. The maximum Gasteiger partial charge on any atom is 0.335 e. The first-order chi connectivity index (χ1) is 13.8. The Morgan fingerprint density at radius 3 is 2.52 bits per heavy atom. The normalized spacial score (nSPS) is 18.0. The molecule has 3 heterocycles. The van der Waals surface area contributed by atoms with Crippen LogP contribution in [-0.4, -0.2) is 64.9 Å². The molecule has 2 aliphatic heterocycles. The van der Waals surface area contributed by atoms with Crippen molar-refractivity contribution in [2.24, 2.45) is 4.99 Å². The van der Waals surface area contributed by atoms with Gasteiger partial charge in [0.2, 0.25) is 23.1 Å². The molecular formula is C14H16ClN7O5S2. The molecule has 29 heavy (non-hydrogen) atoms. The van der Waals surface area contributed by atoms with Gasteiger partial charge in [0.05, 0.1) is 20.3 Å². The lowest BCUT2D eigenvalue weighted by atomic mass is 10.5. The second-order valence-electron chi connectivity index (χ2n) is 5.36. The third-order valence-corrected chi connectivity index (χ3v) is 6.17. The van der Waals surface area contributed by atoms with Gasteiger partial charge in [-0.15, -0.1) is 0 Å². The van der Waals surface area contributed by atoms with Gasteiger partial charge in [-0.05, 0) is 24.1 Å². The van der Waals surface area contributed by atoms with Crippen LogP contribution >= 0.6 is 23.5 Å². The van der Waals surface area contributed by atoms with Gasteiger partial charge in [0.15, 0.2) is 11.0 Å². The fourth-order valence-electron chi connectivity index (χ4n) is 2.42. The van der Waals surface area contributed by atoms with Crippen LogP contribution in [0.3, 0.4) is 0 Å². The Balaban J connectivity index is 1.79. The average Bonchev–Trinajstić information content (AvgIpc) is 3.03. The molecule has 0 bridgehead atoms. The molecular weight excluding hydrogens is 446 g/mol. The van der Waals surface area contributed by atoms with E-state index in [0.29, 0.717) is 5.82 Å². The Kier molecular flexibility index (Phi) is 6.04. The third-order valence-electron chi connectivity index (χ3n) is 3.59. The highest BCUT2D eigenvalue weighted by Crippen LogP contribution is 2.33. The summed E-state index contributed by atoms with van der Waals surface area (Å²) in [6.07, 6.45) is 6.68. The molecule has 12 nitrogen and oxygen atoms in total. The van der Waals surface area contributed by atoms with Gasteiger partial charge in [-0.1, -0.05) is 11.6 Å². The molecule has 2 N–H and O–H groups in total. The third kappa shape index (κ3) is 4.33. The Hall–Kier alpha value is -2.71. The molecule has 0 saturated heterocycles. The van der Waals surface area contributed by atoms with Gasteiger partial charge >= 0.3 is 6.03 Å². The second-order valence-corrected chi connectivity index (χ2v) is 8.23. The molecule has 1 atom stereocenters. The number of halogens is 1. The molecule has 0 saturated carbocycles. The predicted octanol–water partition coefficient (Wildman–Crippen LogP) is 1.09. The number of allylic oxidation sites excluding steroid dienone is 2. The van der Waals surface area contributed by atoms with E-state index in [0.717, 1.165) is 0 Å². The number of methoxy groups -OCH3 is 2. The Morgan fingerprint density at radius 2 is 1.93 bits per heavy atom. The Morgan fingerprint density at radius 1 is 1.28 bits per heavy atom. The van der Waals surface area contributed by atoms with Crippen molar-refractivity contribution < 1.29 is 22.7 Å². The number of hydrogen-bond donors (Lipinski definition) is 2. The molecule has 0 radical (unpaired) electrons. The second kappa shape index (κ2) is 8.34. The summed E-state index contributed by atoms with van der Waals surface area (Å²) in [6.45, 7) is 0. The van der Waals surface area contributed by atoms with E-state index in [2.05, 4.69) is 20.3 Å². The highest BCUT2D eigenvalue weighted by molar-refractivity contribution is 7.96. The molecule has 0 fully saturated rings. The summed E-state index contributed by atoms with van der Waals surface area (Å²) in [4.78, 5) is 24.1. The number of rotatable bonds is 6. The van der Waals surface area contributed by atoms with Crippen LogP contribution in [0, 0.1) is 0 Å². The van der Waals surface area contributed by atoms with E-state index >= 15 is 0 Å². The Labute approximate surface area is 175 Å². The number of aliphatic imine (C=N–C) groups is 1. The molecule has 2 aliphatic rings. The standard InChI is InChI=1S/C14H16ClN7O5S2/c1-26-9-7-10(27-2)18-13(17-9)19-14(23)20-29(24,25)12-11(15)16-8-5-4-6-21(28-3)22(8)12/h4-7,12H,1-3H3,(H2,17,18,19,20,23). The lowest BCUT2D eigenvalue weighted by Crippen LogP contribution is -2.52. The molecule has 0 aliphatic carbocycles. The number of carbonyl (C=O) groups is 1. The molecule has 1 aromatic rings. The number of amides is 2. The molecule has 1 aromatic heterocycles.